The highest BCUT2D eigenvalue weighted by Crippen LogP contribution is 2.42. The van der Waals surface area contributed by atoms with Gasteiger partial charge < -0.3 is 9.80 Å². The van der Waals surface area contributed by atoms with E-state index in [-0.39, 0.29) is 29.0 Å². The van der Waals surface area contributed by atoms with Gasteiger partial charge in [-0.05, 0) is 43.5 Å². The van der Waals surface area contributed by atoms with Crippen molar-refractivity contribution in [1.82, 2.24) is 4.90 Å². The first-order valence-corrected chi connectivity index (χ1v) is 8.56. The van der Waals surface area contributed by atoms with Crippen LogP contribution < -0.4 is 4.90 Å². The van der Waals surface area contributed by atoms with Crippen molar-refractivity contribution in [3.05, 3.63) is 42.2 Å². The van der Waals surface area contributed by atoms with Gasteiger partial charge in [0.05, 0.1) is 0 Å². The molecular weight excluding hydrogens is 307 g/mol. The van der Waals surface area contributed by atoms with Crippen LogP contribution in [0.5, 0.6) is 0 Å². The van der Waals surface area contributed by atoms with Gasteiger partial charge in [0, 0.05) is 43.1 Å². The lowest BCUT2D eigenvalue weighted by atomic mass is 9.86. The highest BCUT2D eigenvalue weighted by molar-refractivity contribution is 5.96. The lowest BCUT2D eigenvalue weighted by molar-refractivity contribution is -0.134. The summed E-state index contributed by atoms with van der Waals surface area (Å²) in [6.45, 7) is 2.01. The largest absolute Gasteiger partial charge is 0.342 e. The summed E-state index contributed by atoms with van der Waals surface area (Å²) in [7, 11) is 0. The first kappa shape index (κ1) is 15.4. The minimum absolute atomic E-state index is 0.0680. The van der Waals surface area contributed by atoms with Gasteiger partial charge in [0.1, 0.15) is 5.82 Å². The van der Waals surface area contributed by atoms with E-state index in [1.807, 2.05) is 4.90 Å². The van der Waals surface area contributed by atoms with E-state index in [0.717, 1.165) is 31.5 Å². The number of rotatable bonds is 2. The van der Waals surface area contributed by atoms with Crippen molar-refractivity contribution < 1.29 is 14.0 Å². The average molecular weight is 328 g/mol. The molecule has 1 atom stereocenters. The fourth-order valence-corrected chi connectivity index (χ4v) is 4.23. The normalized spacial score (nSPS) is 27.0. The molecule has 1 aromatic rings. The number of anilines is 1. The monoisotopic (exact) mass is 328 g/mol. The van der Waals surface area contributed by atoms with E-state index in [0.29, 0.717) is 19.5 Å². The van der Waals surface area contributed by atoms with Gasteiger partial charge in [0.2, 0.25) is 11.8 Å². The van der Waals surface area contributed by atoms with Crippen LogP contribution in [0.15, 0.2) is 36.4 Å². The van der Waals surface area contributed by atoms with Crippen LogP contribution in [0.3, 0.4) is 0 Å². The Labute approximate surface area is 140 Å². The third kappa shape index (κ3) is 2.62. The Morgan fingerprint density at radius 1 is 1.12 bits per heavy atom. The van der Waals surface area contributed by atoms with Crippen molar-refractivity contribution in [1.29, 1.82) is 0 Å². The molecule has 2 aliphatic heterocycles. The van der Waals surface area contributed by atoms with E-state index < -0.39 is 0 Å². The predicted molar refractivity (Wildman–Crippen MR) is 88.9 cm³/mol. The van der Waals surface area contributed by atoms with Crippen LogP contribution in [-0.2, 0) is 9.59 Å². The predicted octanol–water partition coefficient (Wildman–Crippen LogP) is 2.75. The Kier molecular flexibility index (Phi) is 3.66. The molecule has 24 heavy (non-hydrogen) atoms. The Morgan fingerprint density at radius 3 is 2.54 bits per heavy atom. The molecule has 1 aliphatic carbocycles. The van der Waals surface area contributed by atoms with Crippen molar-refractivity contribution in [3.8, 4) is 0 Å². The zero-order valence-electron chi connectivity index (χ0n) is 13.6. The minimum Gasteiger partial charge on any atom is -0.342 e. The standard InChI is InChI=1S/C19H21FN2O2/c20-15-5-7-16(8-6-15)22-13-19(11-17(22)23)9-10-21(12-19)18(24)14-3-1-2-4-14/h1-2,5-8,14H,3-4,9-13H2/t19-/m0/s1. The molecule has 0 saturated carbocycles. The van der Waals surface area contributed by atoms with Gasteiger partial charge in [-0.1, -0.05) is 12.2 Å². The maximum absolute atomic E-state index is 13.1. The highest BCUT2D eigenvalue weighted by Gasteiger charge is 2.49. The second kappa shape index (κ2) is 5.72. The quantitative estimate of drug-likeness (QED) is 0.783. The Balaban J connectivity index is 1.46. The maximum Gasteiger partial charge on any atom is 0.227 e. The molecule has 1 aromatic carbocycles. The molecule has 5 heteroatoms. The molecule has 0 bridgehead atoms. The van der Waals surface area contributed by atoms with Crippen LogP contribution >= 0.6 is 0 Å². The summed E-state index contributed by atoms with van der Waals surface area (Å²) in [5.74, 6) is 0.0800. The number of carbonyl (C=O) groups is 2. The first-order valence-electron chi connectivity index (χ1n) is 8.56. The van der Waals surface area contributed by atoms with Crippen LogP contribution in [-0.4, -0.2) is 36.3 Å². The number of hydrogen-bond acceptors (Lipinski definition) is 2. The molecule has 2 fully saturated rings. The molecule has 2 amide bonds. The molecular formula is C19H21FN2O2. The van der Waals surface area contributed by atoms with E-state index in [2.05, 4.69) is 12.2 Å². The lowest BCUT2D eigenvalue weighted by Crippen LogP contribution is -2.36. The number of allylic oxidation sites excluding steroid dienone is 2. The molecule has 2 saturated heterocycles. The van der Waals surface area contributed by atoms with Crippen molar-refractivity contribution in [2.75, 3.05) is 24.5 Å². The van der Waals surface area contributed by atoms with Crippen molar-refractivity contribution in [2.45, 2.75) is 25.7 Å². The van der Waals surface area contributed by atoms with Crippen LogP contribution in [0.1, 0.15) is 25.7 Å². The Morgan fingerprint density at radius 2 is 1.83 bits per heavy atom. The summed E-state index contributed by atoms with van der Waals surface area (Å²) in [5.41, 5.74) is 0.593. The second-order valence-electron chi connectivity index (χ2n) is 7.28. The number of benzene rings is 1. The van der Waals surface area contributed by atoms with Crippen LogP contribution in [0.25, 0.3) is 0 Å². The van der Waals surface area contributed by atoms with E-state index in [1.54, 1.807) is 17.0 Å². The van der Waals surface area contributed by atoms with Gasteiger partial charge in [0.15, 0.2) is 0 Å². The summed E-state index contributed by atoms with van der Waals surface area (Å²) >= 11 is 0. The first-order chi connectivity index (χ1) is 11.6. The lowest BCUT2D eigenvalue weighted by Gasteiger charge is -2.25. The summed E-state index contributed by atoms with van der Waals surface area (Å²) < 4.78 is 13.1. The molecule has 126 valence electrons. The number of likely N-dealkylation sites (tertiary alicyclic amines) is 1. The minimum atomic E-state index is -0.303. The zero-order chi connectivity index (χ0) is 16.7. The summed E-state index contributed by atoms with van der Waals surface area (Å²) in [6.07, 6.45) is 7.15. The molecule has 0 unspecified atom stereocenters. The van der Waals surface area contributed by atoms with Gasteiger partial charge in [-0.15, -0.1) is 0 Å². The fraction of sp³-hybridized carbons (Fsp3) is 0.474. The topological polar surface area (TPSA) is 40.6 Å². The maximum atomic E-state index is 13.1. The van der Waals surface area contributed by atoms with Crippen molar-refractivity contribution >= 4 is 17.5 Å². The van der Waals surface area contributed by atoms with Crippen molar-refractivity contribution in [2.24, 2.45) is 11.3 Å². The number of hydrogen-bond donors (Lipinski definition) is 0. The average Bonchev–Trinajstić information content (AvgIpc) is 3.29. The number of carbonyl (C=O) groups excluding carboxylic acids is 2. The summed E-state index contributed by atoms with van der Waals surface area (Å²) in [6, 6.07) is 6.05. The number of amides is 2. The van der Waals surface area contributed by atoms with Gasteiger partial charge >= 0.3 is 0 Å². The van der Waals surface area contributed by atoms with E-state index >= 15 is 0 Å². The number of nitrogens with zero attached hydrogens (tertiary/aromatic N) is 2. The third-order valence-corrected chi connectivity index (χ3v) is 5.57. The summed E-state index contributed by atoms with van der Waals surface area (Å²) in [5, 5.41) is 0. The number of halogens is 1. The van der Waals surface area contributed by atoms with E-state index in [4.69, 9.17) is 0 Å². The molecule has 0 aromatic heterocycles. The zero-order valence-corrected chi connectivity index (χ0v) is 13.6. The van der Waals surface area contributed by atoms with Crippen molar-refractivity contribution in [3.63, 3.8) is 0 Å². The Bertz CT molecular complexity index is 692. The Hall–Kier alpha value is -2.17. The second-order valence-corrected chi connectivity index (χ2v) is 7.28. The molecule has 4 rings (SSSR count). The van der Waals surface area contributed by atoms with Crippen LogP contribution in [0, 0.1) is 17.2 Å². The molecule has 2 heterocycles. The highest BCUT2D eigenvalue weighted by atomic mass is 19.1. The van der Waals surface area contributed by atoms with Crippen LogP contribution in [0.2, 0.25) is 0 Å². The van der Waals surface area contributed by atoms with Crippen LogP contribution in [0.4, 0.5) is 10.1 Å². The summed E-state index contributed by atoms with van der Waals surface area (Å²) in [4.78, 5) is 28.8. The van der Waals surface area contributed by atoms with Gasteiger partial charge in [0.25, 0.3) is 0 Å². The SMILES string of the molecule is O=C(C1CC=CC1)N1CC[C@]2(CC(=O)N(c3ccc(F)cc3)C2)C1. The smallest absolute Gasteiger partial charge is 0.227 e. The molecule has 1 spiro atoms. The van der Waals surface area contributed by atoms with Gasteiger partial charge in [-0.25, -0.2) is 4.39 Å². The molecule has 0 N–H and O–H groups in total. The molecule has 0 radical (unpaired) electrons. The van der Waals surface area contributed by atoms with Gasteiger partial charge in [-0.2, -0.15) is 0 Å². The molecule has 3 aliphatic rings. The third-order valence-electron chi connectivity index (χ3n) is 5.57. The fourth-order valence-electron chi connectivity index (χ4n) is 4.23. The van der Waals surface area contributed by atoms with E-state index in [1.165, 1.54) is 12.1 Å². The van der Waals surface area contributed by atoms with E-state index in [9.17, 15) is 14.0 Å². The van der Waals surface area contributed by atoms with Gasteiger partial charge in [-0.3, -0.25) is 9.59 Å². The molecule has 4 nitrogen and oxygen atoms in total.